The van der Waals surface area contributed by atoms with Crippen LogP contribution in [0.1, 0.15) is 51.7 Å². The van der Waals surface area contributed by atoms with Crippen molar-refractivity contribution in [3.63, 3.8) is 0 Å². The predicted molar refractivity (Wildman–Crippen MR) is 108 cm³/mol. The van der Waals surface area contributed by atoms with Crippen molar-refractivity contribution in [1.82, 2.24) is 10.6 Å². The summed E-state index contributed by atoms with van der Waals surface area (Å²) >= 11 is 0. The highest BCUT2D eigenvalue weighted by molar-refractivity contribution is 14.0. The Hall–Kier alpha value is -1.29. The average Bonchev–Trinajstić information content (AvgIpc) is 2.48. The van der Waals surface area contributed by atoms with Crippen LogP contribution in [0.5, 0.6) is 0 Å². The van der Waals surface area contributed by atoms with Crippen LogP contribution >= 0.6 is 24.0 Å². The van der Waals surface area contributed by atoms with Crippen LogP contribution in [-0.4, -0.2) is 19.0 Å². The van der Waals surface area contributed by atoms with Crippen LogP contribution < -0.4 is 10.6 Å². The number of aliphatic imine (C=N–C) groups is 1. The van der Waals surface area contributed by atoms with Gasteiger partial charge in [0.25, 0.3) is 0 Å². The number of guanidine groups is 1. The molecule has 1 unspecified atom stereocenters. The Labute approximate surface area is 157 Å². The Balaban J connectivity index is 0.00000484. The predicted octanol–water partition coefficient (Wildman–Crippen LogP) is 4.06. The SMILES string of the molecule is CN=C(NCc1cccc(C#N)c1)NC(C)CCC(C)(C)C.I. The van der Waals surface area contributed by atoms with Gasteiger partial charge in [-0.3, -0.25) is 4.99 Å². The first-order valence-corrected chi connectivity index (χ1v) is 7.80. The first-order chi connectivity index (χ1) is 10.3. The zero-order valence-electron chi connectivity index (χ0n) is 14.8. The van der Waals surface area contributed by atoms with Gasteiger partial charge in [0.2, 0.25) is 0 Å². The molecule has 0 aliphatic rings. The largest absolute Gasteiger partial charge is 0.354 e. The molecule has 0 heterocycles. The lowest BCUT2D eigenvalue weighted by molar-refractivity contribution is 0.346. The molecule has 0 aliphatic carbocycles. The summed E-state index contributed by atoms with van der Waals surface area (Å²) in [6.45, 7) is 9.61. The van der Waals surface area contributed by atoms with Crippen LogP contribution in [0.3, 0.4) is 0 Å². The fourth-order valence-electron chi connectivity index (χ4n) is 2.09. The van der Waals surface area contributed by atoms with E-state index in [1.165, 1.54) is 6.42 Å². The van der Waals surface area contributed by atoms with Gasteiger partial charge in [0.05, 0.1) is 11.6 Å². The normalized spacial score (nSPS) is 12.8. The van der Waals surface area contributed by atoms with Gasteiger partial charge in [-0.15, -0.1) is 24.0 Å². The molecule has 1 rings (SSSR count). The van der Waals surface area contributed by atoms with Crippen molar-refractivity contribution in [2.75, 3.05) is 7.05 Å². The maximum absolute atomic E-state index is 8.92. The molecule has 4 nitrogen and oxygen atoms in total. The van der Waals surface area contributed by atoms with E-state index in [-0.39, 0.29) is 24.0 Å². The molecule has 0 radical (unpaired) electrons. The highest BCUT2D eigenvalue weighted by atomic mass is 127. The van der Waals surface area contributed by atoms with Gasteiger partial charge in [-0.1, -0.05) is 32.9 Å². The van der Waals surface area contributed by atoms with Crippen LogP contribution in [0.4, 0.5) is 0 Å². The van der Waals surface area contributed by atoms with E-state index >= 15 is 0 Å². The molecule has 1 atom stereocenters. The first-order valence-electron chi connectivity index (χ1n) is 7.80. The maximum Gasteiger partial charge on any atom is 0.191 e. The number of hydrogen-bond donors (Lipinski definition) is 2. The van der Waals surface area contributed by atoms with Gasteiger partial charge >= 0.3 is 0 Å². The minimum Gasteiger partial charge on any atom is -0.354 e. The van der Waals surface area contributed by atoms with Crippen LogP contribution in [0.25, 0.3) is 0 Å². The summed E-state index contributed by atoms with van der Waals surface area (Å²) in [6.07, 6.45) is 2.27. The molecule has 0 aromatic heterocycles. The summed E-state index contributed by atoms with van der Waals surface area (Å²) < 4.78 is 0. The zero-order valence-corrected chi connectivity index (χ0v) is 17.1. The van der Waals surface area contributed by atoms with Crippen molar-refractivity contribution in [2.45, 2.75) is 53.1 Å². The topological polar surface area (TPSA) is 60.2 Å². The summed E-state index contributed by atoms with van der Waals surface area (Å²) in [5, 5.41) is 15.6. The molecular weight excluding hydrogens is 399 g/mol. The van der Waals surface area contributed by atoms with Crippen LogP contribution in [-0.2, 0) is 6.54 Å². The molecule has 0 bridgehead atoms. The van der Waals surface area contributed by atoms with Crippen molar-refractivity contribution in [3.8, 4) is 6.07 Å². The van der Waals surface area contributed by atoms with Gasteiger partial charge < -0.3 is 10.6 Å². The van der Waals surface area contributed by atoms with E-state index in [0.717, 1.165) is 17.9 Å². The third kappa shape index (κ3) is 9.44. The lowest BCUT2D eigenvalue weighted by atomic mass is 9.89. The summed E-state index contributed by atoms with van der Waals surface area (Å²) in [5.41, 5.74) is 2.11. The first kappa shape index (κ1) is 21.7. The maximum atomic E-state index is 8.92. The minimum atomic E-state index is 0. The van der Waals surface area contributed by atoms with E-state index < -0.39 is 0 Å². The second kappa shape index (κ2) is 10.5. The Morgan fingerprint density at radius 1 is 1.35 bits per heavy atom. The van der Waals surface area contributed by atoms with Crippen LogP contribution in [0, 0.1) is 16.7 Å². The summed E-state index contributed by atoms with van der Waals surface area (Å²) in [4.78, 5) is 4.26. The smallest absolute Gasteiger partial charge is 0.191 e. The number of benzene rings is 1. The van der Waals surface area contributed by atoms with Gasteiger partial charge in [-0.2, -0.15) is 5.26 Å². The zero-order chi connectivity index (χ0) is 16.6. The summed E-state index contributed by atoms with van der Waals surface area (Å²) in [7, 11) is 1.78. The molecule has 23 heavy (non-hydrogen) atoms. The molecule has 0 fully saturated rings. The minimum absolute atomic E-state index is 0. The van der Waals surface area contributed by atoms with Gasteiger partial charge in [-0.25, -0.2) is 0 Å². The number of rotatable bonds is 5. The lowest BCUT2D eigenvalue weighted by Crippen LogP contribution is -2.42. The summed E-state index contributed by atoms with van der Waals surface area (Å²) in [6, 6.07) is 10.1. The number of halogens is 1. The molecule has 1 aromatic rings. The fourth-order valence-corrected chi connectivity index (χ4v) is 2.09. The Bertz CT molecular complexity index is 541. The van der Waals surface area contributed by atoms with E-state index in [0.29, 0.717) is 23.6 Å². The molecule has 0 amide bonds. The number of nitrogens with one attached hydrogen (secondary N) is 2. The standard InChI is InChI=1S/C18H28N4.HI/c1-14(9-10-18(2,3)4)22-17(20-5)21-13-16-8-6-7-15(11-16)12-19;/h6-8,11,14H,9-10,13H2,1-5H3,(H2,20,21,22);1H. The molecule has 0 saturated carbocycles. The number of nitriles is 1. The van der Waals surface area contributed by atoms with Crippen molar-refractivity contribution in [2.24, 2.45) is 10.4 Å². The molecule has 5 heteroatoms. The van der Waals surface area contributed by atoms with Crippen molar-refractivity contribution in [3.05, 3.63) is 35.4 Å². The second-order valence-electron chi connectivity index (χ2n) is 6.88. The third-order valence-electron chi connectivity index (χ3n) is 3.45. The van der Waals surface area contributed by atoms with Gasteiger partial charge in [0.15, 0.2) is 5.96 Å². The third-order valence-corrected chi connectivity index (χ3v) is 3.45. The quantitative estimate of drug-likeness (QED) is 0.423. The molecule has 0 spiro atoms. The van der Waals surface area contributed by atoms with Gasteiger partial charge in [-0.05, 0) is 42.9 Å². The van der Waals surface area contributed by atoms with Gasteiger partial charge in [0, 0.05) is 19.6 Å². The Kier molecular flexibility index (Phi) is 9.89. The highest BCUT2D eigenvalue weighted by Gasteiger charge is 2.13. The van der Waals surface area contributed by atoms with E-state index in [4.69, 9.17) is 5.26 Å². The van der Waals surface area contributed by atoms with Gasteiger partial charge in [0.1, 0.15) is 0 Å². The van der Waals surface area contributed by atoms with Crippen molar-refractivity contribution >= 4 is 29.9 Å². The van der Waals surface area contributed by atoms with E-state index in [1.54, 1.807) is 7.05 Å². The molecule has 128 valence electrons. The Morgan fingerprint density at radius 3 is 2.61 bits per heavy atom. The van der Waals surface area contributed by atoms with E-state index in [9.17, 15) is 0 Å². The highest BCUT2D eigenvalue weighted by Crippen LogP contribution is 2.21. The van der Waals surface area contributed by atoms with Crippen LogP contribution in [0.2, 0.25) is 0 Å². The Morgan fingerprint density at radius 2 is 2.04 bits per heavy atom. The van der Waals surface area contributed by atoms with E-state index in [2.05, 4.69) is 49.4 Å². The fraction of sp³-hybridized carbons (Fsp3) is 0.556. The monoisotopic (exact) mass is 428 g/mol. The van der Waals surface area contributed by atoms with Crippen molar-refractivity contribution in [1.29, 1.82) is 5.26 Å². The molecule has 0 saturated heterocycles. The molecule has 2 N–H and O–H groups in total. The number of nitrogens with zero attached hydrogens (tertiary/aromatic N) is 2. The van der Waals surface area contributed by atoms with E-state index in [1.807, 2.05) is 24.3 Å². The number of hydrogen-bond acceptors (Lipinski definition) is 2. The second-order valence-corrected chi connectivity index (χ2v) is 6.88. The molecule has 1 aromatic carbocycles. The molecular formula is C18H29IN4. The van der Waals surface area contributed by atoms with Crippen LogP contribution in [0.15, 0.2) is 29.3 Å². The molecule has 0 aliphatic heterocycles. The summed E-state index contributed by atoms with van der Waals surface area (Å²) in [5.74, 6) is 0.795. The van der Waals surface area contributed by atoms with Crippen molar-refractivity contribution < 1.29 is 0 Å². The lowest BCUT2D eigenvalue weighted by Gasteiger charge is -2.23. The average molecular weight is 428 g/mol.